The van der Waals surface area contributed by atoms with E-state index in [1.165, 1.54) is 92.9 Å². The number of hydrogen-bond donors (Lipinski definition) is 0. The Bertz CT molecular complexity index is 2690. The molecule has 10 aromatic rings. The fraction of sp³-hybridized carbons (Fsp3) is 0.100. The van der Waals surface area contributed by atoms with Crippen molar-refractivity contribution >= 4 is 76.2 Å². The van der Waals surface area contributed by atoms with E-state index in [1.807, 2.05) is 0 Å². The summed E-state index contributed by atoms with van der Waals surface area (Å²) in [6.07, 6.45) is 0. The molecule has 0 N–H and O–H groups in total. The van der Waals surface area contributed by atoms with Crippen molar-refractivity contribution in [1.29, 1.82) is 0 Å². The predicted molar refractivity (Wildman–Crippen MR) is 180 cm³/mol. The summed E-state index contributed by atoms with van der Waals surface area (Å²) in [7, 11) is 0. The van der Waals surface area contributed by atoms with Gasteiger partial charge in [0.1, 0.15) is 0 Å². The van der Waals surface area contributed by atoms with Gasteiger partial charge in [-0.05, 0) is 34.7 Å². The van der Waals surface area contributed by atoms with Gasteiger partial charge in [-0.15, -0.1) is 0 Å². The lowest BCUT2D eigenvalue weighted by molar-refractivity contribution is 0.590. The second-order valence-electron chi connectivity index (χ2n) is 12.9. The third-order valence-corrected chi connectivity index (χ3v) is 9.73. The molecule has 0 aliphatic heterocycles. The molecule has 4 aromatic heterocycles. The van der Waals surface area contributed by atoms with Crippen molar-refractivity contribution < 1.29 is 0 Å². The van der Waals surface area contributed by atoms with Crippen molar-refractivity contribution in [3.8, 4) is 11.1 Å². The zero-order chi connectivity index (χ0) is 27.9. The van der Waals surface area contributed by atoms with E-state index < -0.39 is 0 Å². The summed E-state index contributed by atoms with van der Waals surface area (Å²) in [6.45, 7) is 6.84. The maximum Gasteiger partial charge on any atom is 0.0634 e. The average molecular weight is 537 g/mol. The zero-order valence-corrected chi connectivity index (χ0v) is 23.9. The van der Waals surface area contributed by atoms with Gasteiger partial charge in [-0.2, -0.15) is 0 Å². The van der Waals surface area contributed by atoms with E-state index in [0.717, 1.165) is 0 Å². The van der Waals surface area contributed by atoms with E-state index in [2.05, 4.69) is 145 Å². The summed E-state index contributed by atoms with van der Waals surface area (Å²) in [5.41, 5.74) is 11.8. The standard InChI is InChI=1S/C40H28N2/c1-40(2,3)24-21-19-23(20-22-24)25-14-10-15-29-36-35-27-12-5-8-17-31(27)41-30-16-7-4-11-26(30)33(38(35)41)34-28-13-6-9-18-32(28)42(37(25)29)39(34)36/h4-22H,1-3H3. The van der Waals surface area contributed by atoms with Crippen LogP contribution in [0.25, 0.3) is 87.3 Å². The summed E-state index contributed by atoms with van der Waals surface area (Å²) in [6, 6.07) is 43.1. The van der Waals surface area contributed by atoms with Crippen LogP contribution < -0.4 is 0 Å². The van der Waals surface area contributed by atoms with Gasteiger partial charge in [0.15, 0.2) is 0 Å². The number of fused-ring (bicyclic) bond motifs is 14. The largest absolute Gasteiger partial charge is 0.308 e. The minimum absolute atomic E-state index is 0.121. The number of rotatable bonds is 1. The molecule has 0 radical (unpaired) electrons. The number of aromatic nitrogens is 2. The Labute approximate surface area is 242 Å². The van der Waals surface area contributed by atoms with Crippen LogP contribution >= 0.6 is 0 Å². The Morgan fingerprint density at radius 2 is 0.857 bits per heavy atom. The lowest BCUT2D eigenvalue weighted by Crippen LogP contribution is -2.10. The van der Waals surface area contributed by atoms with Crippen molar-refractivity contribution in [2.24, 2.45) is 0 Å². The summed E-state index contributed by atoms with van der Waals surface area (Å²) in [5, 5.41) is 10.8. The number of nitrogens with zero attached hydrogens (tertiary/aromatic N) is 2. The topological polar surface area (TPSA) is 8.82 Å². The van der Waals surface area contributed by atoms with Gasteiger partial charge >= 0.3 is 0 Å². The van der Waals surface area contributed by atoms with Crippen molar-refractivity contribution in [3.05, 3.63) is 121 Å². The molecular formula is C40H28N2. The number of benzene rings is 6. The SMILES string of the molecule is CC(C)(C)c1ccc(-c2cccc3c4c5c6ccccc6n6c7ccccc7c(c7c8ccccc8n(c23)c74)c56)cc1. The van der Waals surface area contributed by atoms with Gasteiger partial charge in [-0.3, -0.25) is 0 Å². The molecule has 42 heavy (non-hydrogen) atoms. The maximum absolute atomic E-state index is 2.57. The van der Waals surface area contributed by atoms with Crippen molar-refractivity contribution in [1.82, 2.24) is 8.80 Å². The highest BCUT2D eigenvalue weighted by Gasteiger charge is 2.29. The van der Waals surface area contributed by atoms with E-state index in [-0.39, 0.29) is 5.41 Å². The van der Waals surface area contributed by atoms with E-state index >= 15 is 0 Å². The van der Waals surface area contributed by atoms with E-state index in [9.17, 15) is 0 Å². The van der Waals surface area contributed by atoms with Gasteiger partial charge < -0.3 is 8.80 Å². The number of hydrogen-bond acceptors (Lipinski definition) is 0. The van der Waals surface area contributed by atoms with Gasteiger partial charge in [-0.1, -0.05) is 118 Å². The highest BCUT2D eigenvalue weighted by atomic mass is 14.9. The maximum atomic E-state index is 2.57. The predicted octanol–water partition coefficient (Wildman–Crippen LogP) is 11.0. The van der Waals surface area contributed by atoms with Crippen molar-refractivity contribution in [3.63, 3.8) is 0 Å². The lowest BCUT2D eigenvalue weighted by Gasteiger charge is -2.19. The van der Waals surface area contributed by atoms with Gasteiger partial charge in [0.05, 0.1) is 33.1 Å². The van der Waals surface area contributed by atoms with Crippen LogP contribution in [0.2, 0.25) is 0 Å². The van der Waals surface area contributed by atoms with Crippen LogP contribution in [-0.4, -0.2) is 8.80 Å². The van der Waals surface area contributed by atoms with Gasteiger partial charge in [0.25, 0.3) is 0 Å². The molecule has 10 rings (SSSR count). The first-order chi connectivity index (χ1) is 20.5. The van der Waals surface area contributed by atoms with E-state index in [1.54, 1.807) is 0 Å². The first-order valence-corrected chi connectivity index (χ1v) is 14.9. The molecule has 0 bridgehead atoms. The summed E-state index contributed by atoms with van der Waals surface area (Å²) < 4.78 is 5.09. The van der Waals surface area contributed by atoms with Crippen LogP contribution in [0.5, 0.6) is 0 Å². The fourth-order valence-electron chi connectivity index (χ4n) is 7.95. The molecule has 4 heterocycles. The Balaban J connectivity index is 1.52. The molecular weight excluding hydrogens is 508 g/mol. The van der Waals surface area contributed by atoms with Crippen LogP contribution in [0.4, 0.5) is 0 Å². The molecule has 0 atom stereocenters. The Morgan fingerprint density at radius 1 is 0.405 bits per heavy atom. The van der Waals surface area contributed by atoms with Gasteiger partial charge in [-0.25, -0.2) is 0 Å². The second kappa shape index (κ2) is 7.40. The van der Waals surface area contributed by atoms with Crippen LogP contribution in [-0.2, 0) is 5.41 Å². The molecule has 0 spiro atoms. The van der Waals surface area contributed by atoms with E-state index in [4.69, 9.17) is 0 Å². The van der Waals surface area contributed by atoms with Gasteiger partial charge in [0.2, 0.25) is 0 Å². The van der Waals surface area contributed by atoms with Crippen LogP contribution in [0.15, 0.2) is 115 Å². The summed E-state index contributed by atoms with van der Waals surface area (Å²) >= 11 is 0. The average Bonchev–Trinajstić information content (AvgIpc) is 3.73. The molecule has 0 aliphatic rings. The van der Waals surface area contributed by atoms with Crippen molar-refractivity contribution in [2.45, 2.75) is 26.2 Å². The third kappa shape index (κ3) is 2.53. The minimum atomic E-state index is 0.121. The highest BCUT2D eigenvalue weighted by molar-refractivity contribution is 6.45. The lowest BCUT2D eigenvalue weighted by atomic mass is 9.86. The molecule has 0 amide bonds. The van der Waals surface area contributed by atoms with E-state index in [0.29, 0.717) is 0 Å². The molecule has 0 aliphatic carbocycles. The quantitative estimate of drug-likeness (QED) is 0.197. The molecule has 0 fully saturated rings. The molecule has 0 saturated carbocycles. The Kier molecular flexibility index (Phi) is 3.98. The van der Waals surface area contributed by atoms with Gasteiger partial charge in [0, 0.05) is 48.7 Å². The molecule has 2 heteroatoms. The minimum Gasteiger partial charge on any atom is -0.308 e. The zero-order valence-electron chi connectivity index (χ0n) is 23.9. The molecule has 198 valence electrons. The van der Waals surface area contributed by atoms with Crippen molar-refractivity contribution in [2.75, 3.05) is 0 Å². The van der Waals surface area contributed by atoms with Crippen LogP contribution in [0.1, 0.15) is 26.3 Å². The smallest absolute Gasteiger partial charge is 0.0634 e. The highest BCUT2D eigenvalue weighted by Crippen LogP contribution is 2.52. The monoisotopic (exact) mass is 536 g/mol. The Hall–Kier alpha value is -5.08. The third-order valence-electron chi connectivity index (χ3n) is 9.73. The van der Waals surface area contributed by atoms with Crippen LogP contribution in [0, 0.1) is 0 Å². The Morgan fingerprint density at radius 3 is 1.40 bits per heavy atom. The fourth-order valence-corrected chi connectivity index (χ4v) is 7.95. The summed E-state index contributed by atoms with van der Waals surface area (Å²) in [5.74, 6) is 0. The molecule has 0 saturated heterocycles. The summed E-state index contributed by atoms with van der Waals surface area (Å²) in [4.78, 5) is 0. The molecule has 6 aromatic carbocycles. The first-order valence-electron chi connectivity index (χ1n) is 14.9. The normalized spacial score (nSPS) is 13.1. The van der Waals surface area contributed by atoms with Crippen LogP contribution in [0.3, 0.4) is 0 Å². The first kappa shape index (κ1) is 22.6. The second-order valence-corrected chi connectivity index (χ2v) is 12.9. The number of para-hydroxylation sites is 4. The molecule has 2 nitrogen and oxygen atoms in total. The molecule has 0 unspecified atom stereocenters.